The van der Waals surface area contributed by atoms with Crippen molar-refractivity contribution in [1.29, 1.82) is 0 Å². The number of alkyl halides is 3. The number of hydrogen-bond donors (Lipinski definition) is 0. The lowest BCUT2D eigenvalue weighted by atomic mass is 9.90. The maximum Gasteiger partial charge on any atom is 0.412 e. The molecule has 0 amide bonds. The molecule has 2 nitrogen and oxygen atoms in total. The zero-order chi connectivity index (χ0) is 19.3. The summed E-state index contributed by atoms with van der Waals surface area (Å²) in [5, 5.41) is 0. The molecular formula is C21H28F3NO. The van der Waals surface area contributed by atoms with Gasteiger partial charge in [0.2, 0.25) is 0 Å². The maximum atomic E-state index is 13.2. The molecule has 1 aromatic carbocycles. The van der Waals surface area contributed by atoms with Crippen molar-refractivity contribution in [2.45, 2.75) is 52.3 Å². The zero-order valence-corrected chi connectivity index (χ0v) is 15.9. The number of allylic oxidation sites excluding steroid dienone is 2. The first-order chi connectivity index (χ1) is 12.2. The van der Waals surface area contributed by atoms with E-state index in [1.807, 2.05) is 37.3 Å². The van der Waals surface area contributed by atoms with Gasteiger partial charge in [0, 0.05) is 23.8 Å². The van der Waals surface area contributed by atoms with Crippen molar-refractivity contribution in [1.82, 2.24) is 0 Å². The summed E-state index contributed by atoms with van der Waals surface area (Å²) in [6.07, 6.45) is 1.09. The summed E-state index contributed by atoms with van der Waals surface area (Å²) < 4.78 is 44.8. The summed E-state index contributed by atoms with van der Waals surface area (Å²) in [5.41, 5.74) is 1.29. The van der Waals surface area contributed by atoms with E-state index in [1.165, 1.54) is 6.08 Å². The minimum absolute atomic E-state index is 0.0556. The monoisotopic (exact) mass is 367 g/mol. The average Bonchev–Trinajstić information content (AvgIpc) is 2.59. The number of anilines is 1. The Labute approximate surface area is 154 Å². The van der Waals surface area contributed by atoms with Crippen LogP contribution in [0.3, 0.4) is 0 Å². The second kappa shape index (κ2) is 8.65. The van der Waals surface area contributed by atoms with Crippen LogP contribution in [0.25, 0.3) is 0 Å². The fourth-order valence-corrected chi connectivity index (χ4v) is 3.44. The zero-order valence-electron chi connectivity index (χ0n) is 15.9. The Kier molecular flexibility index (Phi) is 6.79. The Morgan fingerprint density at radius 1 is 1.23 bits per heavy atom. The van der Waals surface area contributed by atoms with Crippen LogP contribution in [-0.4, -0.2) is 25.9 Å². The molecule has 1 aliphatic carbocycles. The van der Waals surface area contributed by atoms with E-state index < -0.39 is 11.7 Å². The van der Waals surface area contributed by atoms with Gasteiger partial charge >= 0.3 is 6.18 Å². The van der Waals surface area contributed by atoms with E-state index in [4.69, 9.17) is 4.74 Å². The van der Waals surface area contributed by atoms with Gasteiger partial charge in [-0.15, -0.1) is 0 Å². The lowest BCUT2D eigenvalue weighted by molar-refractivity contribution is -0.0950. The maximum absolute atomic E-state index is 13.2. The van der Waals surface area contributed by atoms with Crippen molar-refractivity contribution >= 4 is 5.69 Å². The molecule has 1 aromatic rings. The molecule has 0 fully saturated rings. The van der Waals surface area contributed by atoms with Gasteiger partial charge in [-0.3, -0.25) is 0 Å². The van der Waals surface area contributed by atoms with Crippen molar-refractivity contribution in [3.05, 3.63) is 47.6 Å². The predicted octanol–water partition coefficient (Wildman–Crippen LogP) is 6.15. The molecule has 0 bridgehead atoms. The highest BCUT2D eigenvalue weighted by Crippen LogP contribution is 2.36. The fourth-order valence-electron chi connectivity index (χ4n) is 3.44. The molecule has 0 aliphatic heterocycles. The average molecular weight is 367 g/mol. The van der Waals surface area contributed by atoms with Crippen LogP contribution in [-0.2, 0) is 0 Å². The van der Waals surface area contributed by atoms with Gasteiger partial charge in [0.05, 0.1) is 7.11 Å². The Morgan fingerprint density at radius 3 is 2.42 bits per heavy atom. The van der Waals surface area contributed by atoms with Gasteiger partial charge in [0.1, 0.15) is 5.75 Å². The summed E-state index contributed by atoms with van der Waals surface area (Å²) >= 11 is 0. The van der Waals surface area contributed by atoms with Crippen LogP contribution < -0.4 is 9.64 Å². The first-order valence-corrected chi connectivity index (χ1v) is 9.13. The van der Waals surface area contributed by atoms with Gasteiger partial charge in [0.25, 0.3) is 0 Å². The predicted molar refractivity (Wildman–Crippen MR) is 101 cm³/mol. The number of rotatable bonds is 7. The van der Waals surface area contributed by atoms with E-state index in [9.17, 15) is 13.2 Å². The molecule has 2 rings (SSSR count). The summed E-state index contributed by atoms with van der Waals surface area (Å²) in [7, 11) is 1.62. The lowest BCUT2D eigenvalue weighted by Gasteiger charge is -2.33. The fraction of sp³-hybridized carbons (Fsp3) is 0.524. The Bertz CT molecular complexity index is 646. The first-order valence-electron chi connectivity index (χ1n) is 9.13. The third-order valence-electron chi connectivity index (χ3n) is 4.76. The van der Waals surface area contributed by atoms with Crippen LogP contribution in [0.15, 0.2) is 47.6 Å². The van der Waals surface area contributed by atoms with Crippen LogP contribution in [0.4, 0.5) is 18.9 Å². The van der Waals surface area contributed by atoms with E-state index in [-0.39, 0.29) is 18.4 Å². The van der Waals surface area contributed by atoms with Crippen LogP contribution >= 0.6 is 0 Å². The van der Waals surface area contributed by atoms with Crippen molar-refractivity contribution in [2.75, 3.05) is 18.6 Å². The van der Waals surface area contributed by atoms with Gasteiger partial charge in [0.15, 0.2) is 0 Å². The molecule has 2 unspecified atom stereocenters. The topological polar surface area (TPSA) is 12.5 Å². The highest BCUT2D eigenvalue weighted by Gasteiger charge is 2.35. The number of ether oxygens (including phenoxy) is 1. The SMILES string of the molecule is CCCC(C)N(CC1=CC(C)CC(C(F)(F)F)=C1)c1ccc(OC)cc1. The minimum atomic E-state index is -4.26. The quantitative estimate of drug-likeness (QED) is 0.573. The Balaban J connectivity index is 2.29. The molecule has 2 atom stereocenters. The molecule has 1 aliphatic rings. The number of halogens is 3. The lowest BCUT2D eigenvalue weighted by Crippen LogP contribution is -2.35. The highest BCUT2D eigenvalue weighted by molar-refractivity contribution is 5.52. The molecule has 0 saturated carbocycles. The van der Waals surface area contributed by atoms with E-state index in [0.717, 1.165) is 29.9 Å². The molecule has 0 aromatic heterocycles. The molecule has 0 N–H and O–H groups in total. The van der Waals surface area contributed by atoms with Gasteiger partial charge in [-0.1, -0.05) is 26.3 Å². The molecule has 0 radical (unpaired) electrons. The van der Waals surface area contributed by atoms with Crippen molar-refractivity contribution in [3.8, 4) is 5.75 Å². The van der Waals surface area contributed by atoms with E-state index in [2.05, 4.69) is 18.7 Å². The molecule has 0 heterocycles. The van der Waals surface area contributed by atoms with Gasteiger partial charge in [-0.2, -0.15) is 13.2 Å². The largest absolute Gasteiger partial charge is 0.497 e. The molecule has 0 saturated heterocycles. The minimum Gasteiger partial charge on any atom is -0.497 e. The van der Waals surface area contributed by atoms with Crippen molar-refractivity contribution in [2.24, 2.45) is 5.92 Å². The molecule has 144 valence electrons. The van der Waals surface area contributed by atoms with Gasteiger partial charge in [-0.05, 0) is 61.6 Å². The van der Waals surface area contributed by atoms with E-state index in [1.54, 1.807) is 7.11 Å². The normalized spacial score (nSPS) is 18.8. The number of hydrogen-bond acceptors (Lipinski definition) is 2. The third kappa shape index (κ3) is 5.29. The van der Waals surface area contributed by atoms with Crippen LogP contribution in [0.2, 0.25) is 0 Å². The van der Waals surface area contributed by atoms with Crippen molar-refractivity contribution in [3.63, 3.8) is 0 Å². The molecule has 0 spiro atoms. The third-order valence-corrected chi connectivity index (χ3v) is 4.76. The van der Waals surface area contributed by atoms with Crippen LogP contribution in [0, 0.1) is 5.92 Å². The van der Waals surface area contributed by atoms with Gasteiger partial charge < -0.3 is 9.64 Å². The van der Waals surface area contributed by atoms with E-state index >= 15 is 0 Å². The number of methoxy groups -OCH3 is 1. The van der Waals surface area contributed by atoms with Gasteiger partial charge in [-0.25, -0.2) is 0 Å². The number of benzene rings is 1. The molecule has 5 heteroatoms. The second-order valence-corrected chi connectivity index (χ2v) is 7.05. The van der Waals surface area contributed by atoms with Crippen LogP contribution in [0.5, 0.6) is 5.75 Å². The Hall–Kier alpha value is -1.91. The van der Waals surface area contributed by atoms with Crippen molar-refractivity contribution < 1.29 is 17.9 Å². The summed E-state index contributed by atoms with van der Waals surface area (Å²) in [6, 6.07) is 7.93. The summed E-state index contributed by atoms with van der Waals surface area (Å²) in [4.78, 5) is 2.18. The highest BCUT2D eigenvalue weighted by atomic mass is 19.4. The summed E-state index contributed by atoms with van der Waals surface area (Å²) in [5.74, 6) is 0.660. The smallest absolute Gasteiger partial charge is 0.412 e. The molecule has 26 heavy (non-hydrogen) atoms. The van der Waals surface area contributed by atoms with Crippen LogP contribution in [0.1, 0.15) is 40.0 Å². The first kappa shape index (κ1) is 20.4. The summed E-state index contributed by atoms with van der Waals surface area (Å²) in [6.45, 7) is 6.55. The molecular weight excluding hydrogens is 339 g/mol. The second-order valence-electron chi connectivity index (χ2n) is 7.05. The Morgan fingerprint density at radius 2 is 1.88 bits per heavy atom. The standard InChI is InChI=1S/C21H28F3NO/c1-5-6-16(3)25(19-7-9-20(26-4)10-8-19)14-17-11-15(2)12-18(13-17)21(22,23)24/h7-11,13,15-16H,5-6,12,14H2,1-4H3. The number of nitrogens with zero attached hydrogens (tertiary/aromatic N) is 1. The van der Waals surface area contributed by atoms with E-state index in [0.29, 0.717) is 6.54 Å².